The predicted octanol–water partition coefficient (Wildman–Crippen LogP) is 4.67. The molecule has 0 aliphatic rings. The standard InChI is InChI=1S/C18H18ClNO2/c1-12-8-14-9-17(21-2)18(22-3)10-16(14)20(12)11-13-4-6-15(19)7-5-13/h4-10H,11H2,1-3H3. The Morgan fingerprint density at radius 3 is 2.23 bits per heavy atom. The molecule has 0 spiro atoms. The van der Waals surface area contributed by atoms with Crippen LogP contribution in [-0.2, 0) is 6.54 Å². The SMILES string of the molecule is COc1cc2cc(C)n(Cc3ccc(Cl)cc3)c2cc1OC. The lowest BCUT2D eigenvalue weighted by atomic mass is 10.2. The Labute approximate surface area is 135 Å². The van der Waals surface area contributed by atoms with Crippen molar-refractivity contribution in [3.8, 4) is 11.5 Å². The molecule has 3 aromatic rings. The molecule has 0 fully saturated rings. The molecule has 0 saturated heterocycles. The molecule has 2 aromatic carbocycles. The van der Waals surface area contributed by atoms with Crippen molar-refractivity contribution in [1.29, 1.82) is 0 Å². The van der Waals surface area contributed by atoms with Crippen molar-refractivity contribution in [2.45, 2.75) is 13.5 Å². The molecule has 0 saturated carbocycles. The van der Waals surface area contributed by atoms with Gasteiger partial charge in [-0.2, -0.15) is 0 Å². The highest BCUT2D eigenvalue weighted by atomic mass is 35.5. The second kappa shape index (κ2) is 5.93. The van der Waals surface area contributed by atoms with Crippen molar-refractivity contribution in [3.63, 3.8) is 0 Å². The van der Waals surface area contributed by atoms with Gasteiger partial charge in [-0.3, -0.25) is 0 Å². The highest BCUT2D eigenvalue weighted by molar-refractivity contribution is 6.30. The van der Waals surface area contributed by atoms with Crippen LogP contribution in [0.25, 0.3) is 10.9 Å². The zero-order valence-corrected chi connectivity index (χ0v) is 13.6. The average Bonchev–Trinajstić information content (AvgIpc) is 2.83. The Hall–Kier alpha value is -2.13. The molecule has 22 heavy (non-hydrogen) atoms. The van der Waals surface area contributed by atoms with E-state index in [0.717, 1.165) is 34.0 Å². The molecule has 0 unspecified atom stereocenters. The minimum Gasteiger partial charge on any atom is -0.493 e. The number of halogens is 1. The van der Waals surface area contributed by atoms with Gasteiger partial charge in [-0.1, -0.05) is 23.7 Å². The molecular formula is C18H18ClNO2. The van der Waals surface area contributed by atoms with Gasteiger partial charge in [0, 0.05) is 28.7 Å². The van der Waals surface area contributed by atoms with Crippen LogP contribution in [0.4, 0.5) is 0 Å². The number of aromatic nitrogens is 1. The average molecular weight is 316 g/mol. The lowest BCUT2D eigenvalue weighted by Gasteiger charge is -2.11. The topological polar surface area (TPSA) is 23.4 Å². The Balaban J connectivity index is 2.08. The van der Waals surface area contributed by atoms with E-state index in [1.54, 1.807) is 14.2 Å². The van der Waals surface area contributed by atoms with Gasteiger partial charge in [-0.25, -0.2) is 0 Å². The molecule has 1 aromatic heterocycles. The fourth-order valence-electron chi connectivity index (χ4n) is 2.71. The van der Waals surface area contributed by atoms with Crippen molar-refractivity contribution in [1.82, 2.24) is 4.57 Å². The molecule has 0 amide bonds. The summed E-state index contributed by atoms with van der Waals surface area (Å²) in [5.41, 5.74) is 3.53. The van der Waals surface area contributed by atoms with E-state index >= 15 is 0 Å². The van der Waals surface area contributed by atoms with E-state index in [1.165, 1.54) is 11.3 Å². The molecule has 114 valence electrons. The number of methoxy groups -OCH3 is 2. The van der Waals surface area contributed by atoms with Gasteiger partial charge in [0.05, 0.1) is 19.7 Å². The number of nitrogens with zero attached hydrogens (tertiary/aromatic N) is 1. The van der Waals surface area contributed by atoms with E-state index in [4.69, 9.17) is 21.1 Å². The van der Waals surface area contributed by atoms with Crippen LogP contribution in [0.1, 0.15) is 11.3 Å². The first kappa shape index (κ1) is 14.8. The van der Waals surface area contributed by atoms with Crippen LogP contribution < -0.4 is 9.47 Å². The molecule has 0 N–H and O–H groups in total. The number of benzene rings is 2. The second-order valence-corrected chi connectivity index (χ2v) is 5.70. The number of hydrogen-bond acceptors (Lipinski definition) is 2. The fourth-order valence-corrected chi connectivity index (χ4v) is 2.83. The molecule has 0 radical (unpaired) electrons. The molecule has 1 heterocycles. The Morgan fingerprint density at radius 2 is 1.59 bits per heavy atom. The molecule has 4 heteroatoms. The Kier molecular flexibility index (Phi) is 3.99. The van der Waals surface area contributed by atoms with Gasteiger partial charge in [0.2, 0.25) is 0 Å². The third-order valence-corrected chi connectivity index (χ3v) is 4.12. The highest BCUT2D eigenvalue weighted by Gasteiger charge is 2.12. The van der Waals surface area contributed by atoms with E-state index in [1.807, 2.05) is 36.4 Å². The van der Waals surface area contributed by atoms with Crippen LogP contribution in [0.3, 0.4) is 0 Å². The molecule has 0 aliphatic heterocycles. The van der Waals surface area contributed by atoms with E-state index in [-0.39, 0.29) is 0 Å². The Morgan fingerprint density at radius 1 is 0.955 bits per heavy atom. The van der Waals surface area contributed by atoms with Crippen molar-refractivity contribution in [2.24, 2.45) is 0 Å². The molecule has 0 bridgehead atoms. The first-order valence-corrected chi connectivity index (χ1v) is 7.46. The zero-order chi connectivity index (χ0) is 15.7. The van der Waals surface area contributed by atoms with E-state index in [2.05, 4.69) is 17.6 Å². The van der Waals surface area contributed by atoms with Gasteiger partial charge in [-0.05, 0) is 36.8 Å². The number of rotatable bonds is 4. The summed E-state index contributed by atoms with van der Waals surface area (Å²) in [4.78, 5) is 0. The van der Waals surface area contributed by atoms with Crippen LogP contribution in [0.5, 0.6) is 11.5 Å². The van der Waals surface area contributed by atoms with Crippen molar-refractivity contribution in [3.05, 3.63) is 58.7 Å². The third-order valence-electron chi connectivity index (χ3n) is 3.87. The number of hydrogen-bond donors (Lipinski definition) is 0. The monoisotopic (exact) mass is 315 g/mol. The van der Waals surface area contributed by atoms with Gasteiger partial charge in [0.25, 0.3) is 0 Å². The van der Waals surface area contributed by atoms with Crippen LogP contribution in [0.15, 0.2) is 42.5 Å². The maximum absolute atomic E-state index is 5.96. The van der Waals surface area contributed by atoms with Crippen LogP contribution in [0.2, 0.25) is 5.02 Å². The minimum absolute atomic E-state index is 0.741. The zero-order valence-electron chi connectivity index (χ0n) is 12.9. The molecular weight excluding hydrogens is 298 g/mol. The summed E-state index contributed by atoms with van der Waals surface area (Å²) in [5.74, 6) is 1.49. The van der Waals surface area contributed by atoms with Crippen molar-refractivity contribution in [2.75, 3.05) is 14.2 Å². The van der Waals surface area contributed by atoms with Gasteiger partial charge in [-0.15, -0.1) is 0 Å². The van der Waals surface area contributed by atoms with Crippen molar-refractivity contribution >= 4 is 22.5 Å². The van der Waals surface area contributed by atoms with Gasteiger partial charge < -0.3 is 14.0 Å². The maximum atomic E-state index is 5.96. The number of aryl methyl sites for hydroxylation is 1. The number of fused-ring (bicyclic) bond motifs is 1. The van der Waals surface area contributed by atoms with Gasteiger partial charge >= 0.3 is 0 Å². The normalized spacial score (nSPS) is 10.9. The van der Waals surface area contributed by atoms with Crippen LogP contribution >= 0.6 is 11.6 Å². The van der Waals surface area contributed by atoms with Crippen molar-refractivity contribution < 1.29 is 9.47 Å². The highest BCUT2D eigenvalue weighted by Crippen LogP contribution is 2.34. The van der Waals surface area contributed by atoms with E-state index in [0.29, 0.717) is 0 Å². The summed E-state index contributed by atoms with van der Waals surface area (Å²) in [6, 6.07) is 14.1. The molecule has 0 aliphatic carbocycles. The molecule has 3 nitrogen and oxygen atoms in total. The summed E-state index contributed by atoms with van der Waals surface area (Å²) < 4.78 is 13.1. The predicted molar refractivity (Wildman–Crippen MR) is 90.3 cm³/mol. The molecule has 3 rings (SSSR count). The first-order chi connectivity index (χ1) is 10.6. The molecule has 0 atom stereocenters. The summed E-state index contributed by atoms with van der Waals surface area (Å²) in [6.45, 7) is 2.90. The summed E-state index contributed by atoms with van der Waals surface area (Å²) in [6.07, 6.45) is 0. The first-order valence-electron chi connectivity index (χ1n) is 7.08. The quantitative estimate of drug-likeness (QED) is 0.698. The lowest BCUT2D eigenvalue weighted by molar-refractivity contribution is 0.355. The maximum Gasteiger partial charge on any atom is 0.162 e. The van der Waals surface area contributed by atoms with E-state index in [9.17, 15) is 0 Å². The number of ether oxygens (including phenoxy) is 2. The van der Waals surface area contributed by atoms with Crippen LogP contribution in [-0.4, -0.2) is 18.8 Å². The Bertz CT molecular complexity index is 806. The summed E-state index contributed by atoms with van der Waals surface area (Å²) in [7, 11) is 3.31. The summed E-state index contributed by atoms with van der Waals surface area (Å²) >= 11 is 5.96. The largest absolute Gasteiger partial charge is 0.493 e. The van der Waals surface area contributed by atoms with Crippen LogP contribution in [0, 0.1) is 6.92 Å². The fraction of sp³-hybridized carbons (Fsp3) is 0.222. The minimum atomic E-state index is 0.741. The lowest BCUT2D eigenvalue weighted by Crippen LogP contribution is -2.01. The van der Waals surface area contributed by atoms with Gasteiger partial charge in [0.15, 0.2) is 11.5 Å². The second-order valence-electron chi connectivity index (χ2n) is 5.26. The van der Waals surface area contributed by atoms with E-state index < -0.39 is 0 Å². The van der Waals surface area contributed by atoms with Gasteiger partial charge in [0.1, 0.15) is 0 Å². The smallest absolute Gasteiger partial charge is 0.162 e. The summed E-state index contributed by atoms with van der Waals surface area (Å²) in [5, 5.41) is 1.90. The third kappa shape index (κ3) is 2.64.